The molecular weight excluding hydrogens is 479 g/mol. The van der Waals surface area contributed by atoms with Gasteiger partial charge in [-0.25, -0.2) is 9.37 Å². The third-order valence-electron chi connectivity index (χ3n) is 5.80. The summed E-state index contributed by atoms with van der Waals surface area (Å²) in [6.45, 7) is 3.62. The van der Waals surface area contributed by atoms with Gasteiger partial charge in [0.25, 0.3) is 0 Å². The van der Waals surface area contributed by atoms with Gasteiger partial charge in [0.05, 0.1) is 23.6 Å². The number of nitrogens with one attached hydrogen (secondary N) is 1. The molecule has 0 fully saturated rings. The van der Waals surface area contributed by atoms with Crippen LogP contribution in [0.3, 0.4) is 0 Å². The third-order valence-corrected chi connectivity index (χ3v) is 6.82. The molecule has 1 aliphatic heterocycles. The smallest absolute Gasteiger partial charge is 0.234 e. The number of hydrogen-bond acceptors (Lipinski definition) is 7. The van der Waals surface area contributed by atoms with E-state index in [0.717, 1.165) is 22.4 Å². The Labute approximate surface area is 211 Å². The first-order valence-corrected chi connectivity index (χ1v) is 12.3. The summed E-state index contributed by atoms with van der Waals surface area (Å²) >= 11 is 1.28. The van der Waals surface area contributed by atoms with Crippen molar-refractivity contribution in [3.8, 4) is 23.0 Å². The molecule has 5 rings (SSSR count). The monoisotopic (exact) mass is 502 g/mol. The number of hydrogen-bond donors (Lipinski definition) is 2. The van der Waals surface area contributed by atoms with Crippen molar-refractivity contribution < 1.29 is 19.0 Å². The van der Waals surface area contributed by atoms with Gasteiger partial charge in [0.2, 0.25) is 11.8 Å². The van der Waals surface area contributed by atoms with Gasteiger partial charge < -0.3 is 15.2 Å². The number of amides is 1. The predicted octanol–water partition coefficient (Wildman–Crippen LogP) is 5.21. The van der Waals surface area contributed by atoms with E-state index in [-0.39, 0.29) is 24.1 Å². The van der Waals surface area contributed by atoms with Crippen molar-refractivity contribution in [1.29, 1.82) is 0 Å². The number of halogens is 1. The molecule has 0 aliphatic carbocycles. The predicted molar refractivity (Wildman–Crippen MR) is 136 cm³/mol. The van der Waals surface area contributed by atoms with Gasteiger partial charge in [-0.2, -0.15) is 4.98 Å². The van der Waals surface area contributed by atoms with Crippen molar-refractivity contribution in [2.45, 2.75) is 31.9 Å². The van der Waals surface area contributed by atoms with Crippen LogP contribution in [0.4, 0.5) is 10.1 Å². The zero-order valence-electron chi connectivity index (χ0n) is 19.7. The molecule has 0 atom stereocenters. The molecule has 0 unspecified atom stereocenters. The van der Waals surface area contributed by atoms with Crippen molar-refractivity contribution in [3.05, 3.63) is 88.5 Å². The van der Waals surface area contributed by atoms with E-state index in [0.29, 0.717) is 45.7 Å². The second kappa shape index (κ2) is 10.0. The van der Waals surface area contributed by atoms with Gasteiger partial charge in [-0.3, -0.25) is 9.78 Å². The second-order valence-electron chi connectivity index (χ2n) is 8.46. The minimum absolute atomic E-state index is 0.120. The van der Waals surface area contributed by atoms with Crippen LogP contribution in [0.15, 0.2) is 59.8 Å². The number of aromatic nitrogens is 3. The fraction of sp³-hybridized carbons (Fsp3) is 0.185. The first-order chi connectivity index (χ1) is 17.4. The Bertz CT molecular complexity index is 1460. The largest absolute Gasteiger partial charge is 0.436 e. The number of anilines is 1. The Morgan fingerprint density at radius 1 is 1.14 bits per heavy atom. The maximum atomic E-state index is 13.5. The summed E-state index contributed by atoms with van der Waals surface area (Å²) in [6, 6.07) is 13.5. The fourth-order valence-electron chi connectivity index (χ4n) is 4.00. The van der Waals surface area contributed by atoms with Crippen LogP contribution in [0.1, 0.15) is 27.9 Å². The van der Waals surface area contributed by atoms with E-state index in [1.807, 2.05) is 38.1 Å². The highest BCUT2D eigenvalue weighted by Gasteiger charge is 2.28. The number of ether oxygens (including phenoxy) is 1. The van der Waals surface area contributed by atoms with Crippen LogP contribution in [0, 0.1) is 19.7 Å². The number of rotatable bonds is 6. The number of pyridine rings is 1. The first-order valence-electron chi connectivity index (χ1n) is 11.3. The van der Waals surface area contributed by atoms with E-state index in [2.05, 4.69) is 15.3 Å². The van der Waals surface area contributed by atoms with Gasteiger partial charge in [0.1, 0.15) is 10.8 Å². The molecule has 0 saturated heterocycles. The minimum Gasteiger partial charge on any atom is -0.436 e. The number of fused-ring (bicyclic) bond motifs is 2. The molecule has 2 N–H and O–H groups in total. The molecule has 182 valence electrons. The summed E-state index contributed by atoms with van der Waals surface area (Å²) in [6.07, 6.45) is 2.06. The second-order valence-corrected chi connectivity index (χ2v) is 9.43. The van der Waals surface area contributed by atoms with Crippen LogP contribution < -0.4 is 10.1 Å². The van der Waals surface area contributed by atoms with E-state index in [4.69, 9.17) is 9.72 Å². The SMILES string of the molecule is Cc1cccc(NC(=O)CSc2nc(-c3ccc(F)cc3)nc3c2Cc2c(CO)cnc(C)c2O3)c1. The van der Waals surface area contributed by atoms with Crippen LogP contribution in [0.25, 0.3) is 11.4 Å². The number of aliphatic hydroxyl groups excluding tert-OH is 1. The number of aryl methyl sites for hydroxylation is 2. The van der Waals surface area contributed by atoms with Crippen molar-refractivity contribution in [2.75, 3.05) is 11.1 Å². The molecule has 1 aliphatic rings. The summed E-state index contributed by atoms with van der Waals surface area (Å²) in [5, 5.41) is 13.3. The van der Waals surface area contributed by atoms with Gasteiger partial charge in [0.15, 0.2) is 11.6 Å². The lowest BCUT2D eigenvalue weighted by molar-refractivity contribution is -0.113. The van der Waals surface area contributed by atoms with Crippen molar-refractivity contribution >= 4 is 23.4 Å². The summed E-state index contributed by atoms with van der Waals surface area (Å²) in [5.41, 5.74) is 5.29. The maximum absolute atomic E-state index is 13.5. The Balaban J connectivity index is 1.49. The Kier molecular flexibility index (Phi) is 6.67. The van der Waals surface area contributed by atoms with Gasteiger partial charge in [-0.1, -0.05) is 23.9 Å². The number of aliphatic hydroxyl groups is 1. The summed E-state index contributed by atoms with van der Waals surface area (Å²) in [4.78, 5) is 26.4. The van der Waals surface area contributed by atoms with Gasteiger partial charge in [0, 0.05) is 35.0 Å². The average molecular weight is 503 g/mol. The molecule has 0 saturated carbocycles. The van der Waals surface area contributed by atoms with Crippen molar-refractivity contribution in [2.24, 2.45) is 0 Å². The summed E-state index contributed by atoms with van der Waals surface area (Å²) in [5.74, 6) is 0.874. The highest BCUT2D eigenvalue weighted by Crippen LogP contribution is 2.42. The number of benzene rings is 2. The fourth-order valence-corrected chi connectivity index (χ4v) is 4.82. The quantitative estimate of drug-likeness (QED) is 0.243. The lowest BCUT2D eigenvalue weighted by Gasteiger charge is -2.24. The molecule has 7 nitrogen and oxygen atoms in total. The number of nitrogens with zero attached hydrogens (tertiary/aromatic N) is 3. The van der Waals surface area contributed by atoms with Crippen LogP contribution in [-0.4, -0.2) is 31.7 Å². The molecule has 3 heterocycles. The molecular formula is C27H23FN4O3S. The Morgan fingerprint density at radius 2 is 1.94 bits per heavy atom. The zero-order valence-corrected chi connectivity index (χ0v) is 20.5. The number of carbonyl (C=O) groups is 1. The summed E-state index contributed by atoms with van der Waals surface area (Å²) in [7, 11) is 0. The molecule has 0 bridgehead atoms. The Morgan fingerprint density at radius 3 is 2.69 bits per heavy atom. The lowest BCUT2D eigenvalue weighted by Crippen LogP contribution is -2.16. The molecule has 2 aromatic carbocycles. The van der Waals surface area contributed by atoms with E-state index >= 15 is 0 Å². The molecule has 4 aromatic rings. The highest BCUT2D eigenvalue weighted by molar-refractivity contribution is 8.00. The van der Waals surface area contributed by atoms with E-state index in [1.54, 1.807) is 18.3 Å². The number of thioether (sulfide) groups is 1. The third kappa shape index (κ3) is 4.93. The van der Waals surface area contributed by atoms with Gasteiger partial charge in [-0.15, -0.1) is 0 Å². The van der Waals surface area contributed by atoms with Crippen LogP contribution in [-0.2, 0) is 17.8 Å². The molecule has 36 heavy (non-hydrogen) atoms. The highest BCUT2D eigenvalue weighted by atomic mass is 32.2. The van der Waals surface area contributed by atoms with Crippen LogP contribution in [0.2, 0.25) is 0 Å². The van der Waals surface area contributed by atoms with Crippen LogP contribution in [0.5, 0.6) is 11.6 Å². The molecule has 9 heteroatoms. The van der Waals surface area contributed by atoms with Gasteiger partial charge in [-0.05, 0) is 55.8 Å². The van der Waals surface area contributed by atoms with Gasteiger partial charge >= 0.3 is 0 Å². The topological polar surface area (TPSA) is 97.2 Å². The average Bonchev–Trinajstić information content (AvgIpc) is 2.87. The zero-order chi connectivity index (χ0) is 25.2. The maximum Gasteiger partial charge on any atom is 0.234 e. The Hall–Kier alpha value is -3.82. The van der Waals surface area contributed by atoms with E-state index in [9.17, 15) is 14.3 Å². The van der Waals surface area contributed by atoms with Crippen LogP contribution >= 0.6 is 11.8 Å². The van der Waals surface area contributed by atoms with Crippen molar-refractivity contribution in [1.82, 2.24) is 15.0 Å². The lowest BCUT2D eigenvalue weighted by atomic mass is 9.99. The molecule has 0 radical (unpaired) electrons. The summed E-state index contributed by atoms with van der Waals surface area (Å²) < 4.78 is 19.7. The normalized spacial score (nSPS) is 11.9. The van der Waals surface area contributed by atoms with E-state index in [1.165, 1.54) is 23.9 Å². The first kappa shape index (κ1) is 23.9. The standard InChI is InChI=1S/C27H23FN4O3S/c1-15-4-3-5-20(10-15)30-23(34)14-36-27-22-11-21-18(13-33)12-29-16(2)24(21)35-26(22)31-25(32-27)17-6-8-19(28)9-7-17/h3-10,12,33H,11,13-14H2,1-2H3,(H,30,34). The molecule has 1 amide bonds. The minimum atomic E-state index is -0.359. The number of carbonyl (C=O) groups excluding carboxylic acids is 1. The van der Waals surface area contributed by atoms with E-state index < -0.39 is 0 Å². The molecule has 0 spiro atoms. The molecule has 2 aromatic heterocycles. The van der Waals surface area contributed by atoms with Crippen molar-refractivity contribution in [3.63, 3.8) is 0 Å².